The molecule has 1 heterocycles. The van der Waals surface area contributed by atoms with Crippen LogP contribution in [0.5, 0.6) is 0 Å². The topological polar surface area (TPSA) is 62.3 Å². The molecule has 0 radical (unpaired) electrons. The van der Waals surface area contributed by atoms with Crippen LogP contribution in [0.25, 0.3) is 21.9 Å². The number of aryl methyl sites for hydroxylation is 1. The van der Waals surface area contributed by atoms with Crippen LogP contribution < -0.4 is 10.2 Å². The first-order valence-electron chi connectivity index (χ1n) is 11.7. The smallest absolute Gasteiger partial charge is 0.259 e. The van der Waals surface area contributed by atoms with Crippen LogP contribution >= 0.6 is 15.9 Å². The van der Waals surface area contributed by atoms with Crippen molar-refractivity contribution in [2.45, 2.75) is 31.6 Å². The molecule has 1 unspecified atom stereocenters. The van der Waals surface area contributed by atoms with E-state index in [1.807, 2.05) is 61.5 Å². The third kappa shape index (κ3) is 4.98. The summed E-state index contributed by atoms with van der Waals surface area (Å²) in [7, 11) is 0. The van der Waals surface area contributed by atoms with Crippen LogP contribution in [0.2, 0.25) is 0 Å². The van der Waals surface area contributed by atoms with Gasteiger partial charge >= 0.3 is 0 Å². The molecule has 176 valence electrons. The van der Waals surface area contributed by atoms with Gasteiger partial charge in [0.05, 0.1) is 4.95 Å². The number of halogens is 1. The number of alkyl halides is 1. The lowest BCUT2D eigenvalue weighted by atomic mass is 9.97. The molecule has 5 nitrogen and oxygen atoms in total. The molecular formula is C29H26BrN3O2. The molecule has 2 amide bonds. The number of amides is 2. The van der Waals surface area contributed by atoms with E-state index in [-0.39, 0.29) is 22.7 Å². The normalized spacial score (nSPS) is 13.9. The number of rotatable bonds is 6. The zero-order chi connectivity index (χ0) is 24.5. The standard InChI is InChI=1S/C29H26BrN3O2/c1-18-8-13-25(33(19(2)30)29(35)21-6-4-3-5-7-21)16-26(18)23-12-11-22-15-27(31-17-24(22)14-23)32-28(34)20-9-10-20/h3-8,11-17,19-20H,9-10H2,1-2H3,(H,31,32,34). The second-order valence-electron chi connectivity index (χ2n) is 9.01. The van der Waals surface area contributed by atoms with Crippen molar-refractivity contribution >= 4 is 50.0 Å². The van der Waals surface area contributed by atoms with Crippen LogP contribution in [0, 0.1) is 12.8 Å². The van der Waals surface area contributed by atoms with Crippen LogP contribution in [0.3, 0.4) is 0 Å². The van der Waals surface area contributed by atoms with Crippen LogP contribution in [-0.4, -0.2) is 21.7 Å². The van der Waals surface area contributed by atoms with Gasteiger partial charge in [0, 0.05) is 28.8 Å². The van der Waals surface area contributed by atoms with Gasteiger partial charge in [-0.15, -0.1) is 0 Å². The molecule has 3 aromatic carbocycles. The maximum atomic E-state index is 13.3. The van der Waals surface area contributed by atoms with E-state index in [4.69, 9.17) is 0 Å². The molecule has 1 aliphatic carbocycles. The van der Waals surface area contributed by atoms with Gasteiger partial charge in [-0.3, -0.25) is 14.5 Å². The van der Waals surface area contributed by atoms with Gasteiger partial charge in [0.25, 0.3) is 5.91 Å². The fourth-order valence-electron chi connectivity index (χ4n) is 4.23. The number of anilines is 2. The van der Waals surface area contributed by atoms with Gasteiger partial charge in [-0.25, -0.2) is 4.98 Å². The van der Waals surface area contributed by atoms with Crippen LogP contribution in [-0.2, 0) is 4.79 Å². The Bertz CT molecular complexity index is 1410. The van der Waals surface area contributed by atoms with Crippen molar-refractivity contribution < 1.29 is 9.59 Å². The second kappa shape index (κ2) is 9.62. The highest BCUT2D eigenvalue weighted by molar-refractivity contribution is 9.09. The van der Waals surface area contributed by atoms with Crippen molar-refractivity contribution in [1.29, 1.82) is 0 Å². The molecular weight excluding hydrogens is 502 g/mol. The number of fused-ring (bicyclic) bond motifs is 1. The molecule has 5 rings (SSSR count). The van der Waals surface area contributed by atoms with E-state index in [2.05, 4.69) is 51.4 Å². The number of benzene rings is 3. The number of nitrogens with one attached hydrogen (secondary N) is 1. The first kappa shape index (κ1) is 23.2. The summed E-state index contributed by atoms with van der Waals surface area (Å²) in [5.41, 5.74) is 4.67. The predicted octanol–water partition coefficient (Wildman–Crippen LogP) is 6.95. The number of hydrogen-bond donors (Lipinski definition) is 1. The van der Waals surface area contributed by atoms with Crippen LogP contribution in [0.1, 0.15) is 35.7 Å². The van der Waals surface area contributed by atoms with E-state index < -0.39 is 0 Å². The minimum Gasteiger partial charge on any atom is -0.310 e. The summed E-state index contributed by atoms with van der Waals surface area (Å²) >= 11 is 3.61. The Morgan fingerprint density at radius 1 is 1.00 bits per heavy atom. The summed E-state index contributed by atoms with van der Waals surface area (Å²) in [5.74, 6) is 0.715. The van der Waals surface area contributed by atoms with E-state index >= 15 is 0 Å². The SMILES string of the molecule is Cc1ccc(N(C(=O)c2ccccc2)C(C)Br)cc1-c1ccc2cc(NC(=O)C3CC3)ncc2c1. The van der Waals surface area contributed by atoms with Gasteiger partial charge in [-0.05, 0) is 85.2 Å². The summed E-state index contributed by atoms with van der Waals surface area (Å²) in [6, 6.07) is 23.5. The molecule has 0 bridgehead atoms. The maximum Gasteiger partial charge on any atom is 0.259 e. The minimum absolute atomic E-state index is 0.0523. The third-order valence-electron chi connectivity index (χ3n) is 6.33. The minimum atomic E-state index is -0.184. The Morgan fingerprint density at radius 3 is 2.49 bits per heavy atom. The number of carbonyl (C=O) groups is 2. The summed E-state index contributed by atoms with van der Waals surface area (Å²) in [6.45, 7) is 4.01. The Balaban J connectivity index is 1.47. The number of carbonyl (C=O) groups excluding carboxylic acids is 2. The number of hydrogen-bond acceptors (Lipinski definition) is 3. The number of aromatic nitrogens is 1. The van der Waals surface area contributed by atoms with Crippen molar-refractivity contribution in [1.82, 2.24) is 4.98 Å². The molecule has 1 fully saturated rings. The van der Waals surface area contributed by atoms with E-state index in [9.17, 15) is 9.59 Å². The van der Waals surface area contributed by atoms with E-state index in [1.54, 1.807) is 11.1 Å². The Morgan fingerprint density at radius 2 is 1.77 bits per heavy atom. The van der Waals surface area contributed by atoms with Crippen molar-refractivity contribution in [3.05, 3.63) is 90.1 Å². The predicted molar refractivity (Wildman–Crippen MR) is 145 cm³/mol. The highest BCUT2D eigenvalue weighted by Crippen LogP contribution is 2.33. The van der Waals surface area contributed by atoms with Gasteiger partial charge in [-0.2, -0.15) is 0 Å². The zero-order valence-corrected chi connectivity index (χ0v) is 21.2. The van der Waals surface area contributed by atoms with Crippen LogP contribution in [0.15, 0.2) is 79.0 Å². The average Bonchev–Trinajstić information content (AvgIpc) is 3.71. The fraction of sp³-hybridized carbons (Fsp3) is 0.207. The van der Waals surface area contributed by atoms with Gasteiger partial charge in [0.1, 0.15) is 5.82 Å². The molecule has 1 atom stereocenters. The molecule has 6 heteroatoms. The van der Waals surface area contributed by atoms with Crippen molar-refractivity contribution in [2.24, 2.45) is 5.92 Å². The van der Waals surface area contributed by atoms with E-state index in [0.717, 1.165) is 46.0 Å². The highest BCUT2D eigenvalue weighted by atomic mass is 79.9. The fourth-order valence-corrected chi connectivity index (χ4v) is 4.65. The third-order valence-corrected chi connectivity index (χ3v) is 6.74. The van der Waals surface area contributed by atoms with Crippen molar-refractivity contribution in [3.63, 3.8) is 0 Å². The summed E-state index contributed by atoms with van der Waals surface area (Å²) < 4.78 is 0. The molecule has 0 saturated heterocycles. The van der Waals surface area contributed by atoms with Crippen molar-refractivity contribution in [3.8, 4) is 11.1 Å². The Hall–Kier alpha value is -3.51. The van der Waals surface area contributed by atoms with Gasteiger partial charge in [-0.1, -0.05) is 52.3 Å². The highest BCUT2D eigenvalue weighted by Gasteiger charge is 2.29. The number of pyridine rings is 1. The van der Waals surface area contributed by atoms with E-state index in [0.29, 0.717) is 11.4 Å². The molecule has 1 N–H and O–H groups in total. The summed E-state index contributed by atoms with van der Waals surface area (Å²) in [4.78, 5) is 31.4. The van der Waals surface area contributed by atoms with Crippen LogP contribution in [0.4, 0.5) is 11.5 Å². The maximum absolute atomic E-state index is 13.3. The van der Waals surface area contributed by atoms with E-state index in [1.165, 1.54) is 0 Å². The van der Waals surface area contributed by atoms with Crippen molar-refractivity contribution in [2.75, 3.05) is 10.2 Å². The molecule has 1 aliphatic rings. The largest absolute Gasteiger partial charge is 0.310 e. The summed E-state index contributed by atoms with van der Waals surface area (Å²) in [6.07, 6.45) is 3.72. The molecule has 1 aromatic heterocycles. The lowest BCUT2D eigenvalue weighted by molar-refractivity contribution is -0.117. The first-order valence-corrected chi connectivity index (χ1v) is 12.7. The molecule has 35 heavy (non-hydrogen) atoms. The van der Waals surface area contributed by atoms with Gasteiger partial charge in [0.2, 0.25) is 5.91 Å². The first-order chi connectivity index (χ1) is 16.9. The quantitative estimate of drug-likeness (QED) is 0.218. The molecule has 1 saturated carbocycles. The molecule has 4 aromatic rings. The Kier molecular flexibility index (Phi) is 6.39. The van der Waals surface area contributed by atoms with Gasteiger partial charge in [0.15, 0.2) is 0 Å². The average molecular weight is 528 g/mol. The Labute approximate surface area is 213 Å². The lowest BCUT2D eigenvalue weighted by Crippen LogP contribution is -2.35. The molecule has 0 aliphatic heterocycles. The zero-order valence-electron chi connectivity index (χ0n) is 19.7. The monoisotopic (exact) mass is 527 g/mol. The molecule has 0 spiro atoms. The lowest BCUT2D eigenvalue weighted by Gasteiger charge is -2.27. The number of nitrogens with zero attached hydrogens (tertiary/aromatic N) is 2. The summed E-state index contributed by atoms with van der Waals surface area (Å²) in [5, 5.41) is 4.92. The van der Waals surface area contributed by atoms with Gasteiger partial charge < -0.3 is 5.32 Å². The second-order valence-corrected chi connectivity index (χ2v) is 10.3.